The van der Waals surface area contributed by atoms with Gasteiger partial charge in [-0.25, -0.2) is 0 Å². The Morgan fingerprint density at radius 3 is 2.00 bits per heavy atom. The van der Waals surface area contributed by atoms with E-state index in [1.54, 1.807) is 14.2 Å². The average molecular weight is 258 g/mol. The Hall–Kier alpha value is 0.919. The molecule has 1 aliphatic heterocycles. The summed E-state index contributed by atoms with van der Waals surface area (Å²) in [6.07, 6.45) is 1.54. The molecule has 0 aliphatic carbocycles. The first kappa shape index (κ1) is 13.9. The van der Waals surface area contributed by atoms with E-state index in [2.05, 4.69) is 26.7 Å². The van der Waals surface area contributed by atoms with E-state index in [9.17, 15) is 0 Å². The van der Waals surface area contributed by atoms with Gasteiger partial charge >= 0.3 is 82.1 Å². The van der Waals surface area contributed by atoms with Crippen molar-refractivity contribution in [3.8, 4) is 0 Å². The number of methoxy groups -OCH3 is 2. The second kappa shape index (κ2) is 7.24. The van der Waals surface area contributed by atoms with E-state index in [1.165, 1.54) is 0 Å². The van der Waals surface area contributed by atoms with Crippen LogP contribution < -0.4 is 0 Å². The number of rotatable bonds is 3. The molecule has 1 fully saturated rings. The van der Waals surface area contributed by atoms with Crippen molar-refractivity contribution in [3.05, 3.63) is 0 Å². The monoisotopic (exact) mass is 258 g/mol. The Labute approximate surface area is 101 Å². The van der Waals surface area contributed by atoms with Gasteiger partial charge in [0.2, 0.25) is 0 Å². The number of piperidine rings is 1. The van der Waals surface area contributed by atoms with Gasteiger partial charge in [0.25, 0.3) is 0 Å². The summed E-state index contributed by atoms with van der Waals surface area (Å²) in [5.74, 6) is 0. The molecule has 13 heavy (non-hydrogen) atoms. The summed E-state index contributed by atoms with van der Waals surface area (Å²) in [5, 5.41) is 0. The second-order valence-corrected chi connectivity index (χ2v) is 3.27. The third kappa shape index (κ3) is 4.30. The maximum absolute atomic E-state index is 5.29. The maximum Gasteiger partial charge on any atom is 0 e. The van der Waals surface area contributed by atoms with Crippen molar-refractivity contribution in [3.63, 3.8) is 0 Å². The first-order chi connectivity index (χ1) is 5.80. The van der Waals surface area contributed by atoms with Crippen LogP contribution in [0, 0.1) is 0 Å². The molecule has 2 unspecified atom stereocenters. The van der Waals surface area contributed by atoms with Crippen molar-refractivity contribution in [2.24, 2.45) is 0 Å². The van der Waals surface area contributed by atoms with Crippen LogP contribution >= 0.6 is 0 Å². The molecule has 1 aliphatic rings. The fourth-order valence-electron chi connectivity index (χ4n) is 1.43. The van der Waals surface area contributed by atoms with E-state index in [0.29, 0.717) is 0 Å². The van der Waals surface area contributed by atoms with Crippen molar-refractivity contribution >= 4 is 4.85 Å². The van der Waals surface area contributed by atoms with E-state index in [0.717, 1.165) is 19.5 Å². The number of likely N-dealkylation sites (tertiary alicyclic amines) is 1. The van der Waals surface area contributed by atoms with Crippen LogP contribution in [-0.4, -0.2) is 49.3 Å². The van der Waals surface area contributed by atoms with Gasteiger partial charge in [-0.2, -0.15) is 0 Å². The molecule has 3 nitrogen and oxygen atoms in total. The molecular weight excluding hydrogens is 244 g/mol. The van der Waals surface area contributed by atoms with Crippen LogP contribution in [0.5, 0.6) is 0 Å². The molecule has 1 rings (SSSR count). The summed E-state index contributed by atoms with van der Waals surface area (Å²) in [5.41, 5.74) is 0. The van der Waals surface area contributed by atoms with Crippen molar-refractivity contribution in [1.82, 2.24) is 4.90 Å². The Balaban J connectivity index is 0.00000144. The normalized spacial score (nSPS) is 29.3. The van der Waals surface area contributed by atoms with Gasteiger partial charge in [-0.1, -0.05) is 0 Å². The molecule has 0 spiro atoms. The Bertz CT molecular complexity index is 145. The maximum atomic E-state index is 5.29. The molecule has 0 amide bonds. The van der Waals surface area contributed by atoms with Gasteiger partial charge in [-0.05, 0) is 0 Å². The predicted octanol–water partition coefficient (Wildman–Crippen LogP) is -0.0969. The Morgan fingerprint density at radius 1 is 1.23 bits per heavy atom. The zero-order valence-corrected chi connectivity index (χ0v) is 10.7. The molecule has 0 N–H and O–H groups in total. The van der Waals surface area contributed by atoms with Gasteiger partial charge in [-0.3, -0.25) is 0 Å². The number of ether oxygens (including phenoxy) is 2. The van der Waals surface area contributed by atoms with Gasteiger partial charge in [0, 0.05) is 18.6 Å². The molecule has 0 aromatic carbocycles. The van der Waals surface area contributed by atoms with Crippen molar-refractivity contribution < 1.29 is 45.0 Å². The van der Waals surface area contributed by atoms with Gasteiger partial charge in [0.15, 0.2) is 0 Å². The van der Waals surface area contributed by atoms with E-state index in [4.69, 9.17) is 9.47 Å². The fourth-order valence-corrected chi connectivity index (χ4v) is 1.69. The van der Waals surface area contributed by atoms with Gasteiger partial charge in [-0.15, -0.1) is 0 Å². The molecule has 1 radical (unpaired) electrons. The van der Waals surface area contributed by atoms with E-state index < -0.39 is 0 Å². The van der Waals surface area contributed by atoms with Crippen molar-refractivity contribution in [1.29, 1.82) is 0 Å². The van der Waals surface area contributed by atoms with Crippen LogP contribution in [0.3, 0.4) is 0 Å². The predicted molar refractivity (Wildman–Crippen MR) is 42.8 cm³/mol. The van der Waals surface area contributed by atoms with Gasteiger partial charge in [0.1, 0.15) is 0 Å². The largest absolute Gasteiger partial charge is 0 e. The number of hydrogen-bond acceptors (Lipinski definition) is 3. The van der Waals surface area contributed by atoms with Crippen LogP contribution in [0.25, 0.3) is 0 Å². The molecule has 5 heteroatoms. The molecule has 74 valence electrons. The molecule has 2 atom stereocenters. The smallest absolute Gasteiger partial charge is 0 e. The van der Waals surface area contributed by atoms with Gasteiger partial charge < -0.3 is 0 Å². The summed E-state index contributed by atoms with van der Waals surface area (Å²) in [4.78, 5) is 5.13. The van der Waals surface area contributed by atoms with Crippen LogP contribution in [0.15, 0.2) is 0 Å². The quantitative estimate of drug-likeness (QED) is 0.660. The molecule has 0 aromatic rings. The van der Waals surface area contributed by atoms with Crippen LogP contribution in [0.4, 0.5) is 0 Å². The standard InChI is InChI=1S/C8H14NO2.2V/c1-9-5-7(10-2)4-8(6-9)11-3;;/h7-8H,4-6H2,2-3H3;;/q-1;;. The third-order valence-electron chi connectivity index (χ3n) is 2.18. The summed E-state index contributed by atoms with van der Waals surface area (Å²) >= 11 is 2.34. The minimum Gasteiger partial charge on any atom is 0 e. The van der Waals surface area contributed by atoms with Crippen LogP contribution in [-0.2, 0) is 45.0 Å². The minimum absolute atomic E-state index is 0. The first-order valence-corrected chi connectivity index (χ1v) is 4.70. The van der Waals surface area contributed by atoms with Crippen LogP contribution in [0.1, 0.15) is 6.42 Å². The number of nitrogens with zero attached hydrogens (tertiary/aromatic N) is 1. The van der Waals surface area contributed by atoms with Crippen molar-refractivity contribution in [2.45, 2.75) is 18.6 Å². The molecule has 1 heterocycles. The molecule has 0 saturated carbocycles. The second-order valence-electron chi connectivity index (χ2n) is 2.96. The Kier molecular flexibility index (Phi) is 7.75. The fraction of sp³-hybridized carbons (Fsp3) is 0.875. The van der Waals surface area contributed by atoms with Gasteiger partial charge in [0.05, 0.1) is 0 Å². The summed E-state index contributed by atoms with van der Waals surface area (Å²) in [6.45, 7) is 1.84. The zero-order valence-electron chi connectivity index (χ0n) is 7.93. The average Bonchev–Trinajstić information content (AvgIpc) is 2.16. The molecule has 0 aromatic heterocycles. The molecule has 0 bridgehead atoms. The van der Waals surface area contributed by atoms with E-state index in [1.807, 2.05) is 0 Å². The SMILES string of the molecule is COC1CC(OC)CN([C-]=[V])C1.[V]. The topological polar surface area (TPSA) is 21.7 Å². The zero-order chi connectivity index (χ0) is 8.97. The van der Waals surface area contributed by atoms with E-state index >= 15 is 0 Å². The Morgan fingerprint density at radius 2 is 1.69 bits per heavy atom. The summed E-state index contributed by atoms with van der Waals surface area (Å²) in [7, 11) is 3.48. The molecular formula is C8H14NO2V2-. The first-order valence-electron chi connectivity index (χ1n) is 4.00. The summed E-state index contributed by atoms with van der Waals surface area (Å²) < 4.78 is 10.6. The van der Waals surface area contributed by atoms with Crippen LogP contribution in [0.2, 0.25) is 0 Å². The number of hydrogen-bond donors (Lipinski definition) is 0. The minimum atomic E-state index is 0. The van der Waals surface area contributed by atoms with E-state index in [-0.39, 0.29) is 30.8 Å². The van der Waals surface area contributed by atoms with Crippen molar-refractivity contribution in [2.75, 3.05) is 27.3 Å². The molecule has 1 saturated heterocycles. The summed E-state index contributed by atoms with van der Waals surface area (Å²) in [6, 6.07) is 0. The third-order valence-corrected chi connectivity index (χ3v) is 2.62.